The molecule has 0 heterocycles. The fourth-order valence-corrected chi connectivity index (χ4v) is 0. The topological polar surface area (TPSA) is 0 Å². The fraction of sp³-hybridized carbons (Fsp3) is 1.00. The zero-order chi connectivity index (χ0) is 3.58. The average molecular weight is 108 g/mol. The summed E-state index contributed by atoms with van der Waals surface area (Å²) in [6.07, 6.45) is 0. The largest absolute Gasteiger partial charge is 1.00 e. The van der Waals surface area contributed by atoms with E-state index in [1.807, 2.05) is 0 Å². The molecule has 0 aliphatic rings. The molecule has 0 unspecified atom stereocenters. The number of halogens is 2. The minimum atomic E-state index is 0. The molecule has 0 N–H and O–H groups in total. The van der Waals surface area contributed by atoms with Gasteiger partial charge in [-0.25, -0.2) is 0 Å². The second kappa shape index (κ2) is 9.04. The molecule has 0 rings (SSSR count). The van der Waals surface area contributed by atoms with Crippen molar-refractivity contribution in [1.82, 2.24) is 0 Å². The SMILES string of the molecule is C[CH](C)[Al+2].[F-].[F-]. The van der Waals surface area contributed by atoms with Crippen molar-refractivity contribution in [1.29, 1.82) is 0 Å². The smallest absolute Gasteiger partial charge is 1.00 e. The van der Waals surface area contributed by atoms with Gasteiger partial charge < -0.3 is 9.41 Å². The zero-order valence-corrected chi connectivity index (χ0v) is 5.07. The third-order valence-electron chi connectivity index (χ3n) is 0. The minimum Gasteiger partial charge on any atom is -1.00 e. The van der Waals surface area contributed by atoms with Crippen LogP contribution in [0.2, 0.25) is 4.78 Å². The van der Waals surface area contributed by atoms with Gasteiger partial charge in [0.1, 0.15) is 0 Å². The standard InChI is InChI=1S/C3H7.Al.2FH/c1-3-2;;;/h3H,1-2H3;;2*1H/q;+2;;/p-2. The van der Waals surface area contributed by atoms with Crippen LogP contribution in [-0.2, 0) is 0 Å². The summed E-state index contributed by atoms with van der Waals surface area (Å²) in [7, 11) is 0. The van der Waals surface area contributed by atoms with E-state index >= 15 is 0 Å². The van der Waals surface area contributed by atoms with E-state index in [4.69, 9.17) is 0 Å². The van der Waals surface area contributed by atoms with Gasteiger partial charge in [-0.3, -0.25) is 0 Å². The Kier molecular flexibility index (Phi) is 24.3. The summed E-state index contributed by atoms with van der Waals surface area (Å²) >= 11 is 2.66. The quantitative estimate of drug-likeness (QED) is 0.273. The number of hydrogen-bond donors (Lipinski definition) is 0. The molecule has 0 spiro atoms. The molecule has 0 aliphatic carbocycles. The van der Waals surface area contributed by atoms with Crippen molar-refractivity contribution in [3.63, 3.8) is 0 Å². The molecule has 0 nitrogen and oxygen atoms in total. The molecule has 6 heavy (non-hydrogen) atoms. The van der Waals surface area contributed by atoms with Crippen molar-refractivity contribution in [3.05, 3.63) is 0 Å². The molecule has 0 aliphatic heterocycles. The molecule has 0 radical (unpaired) electrons. The molecule has 0 saturated carbocycles. The van der Waals surface area contributed by atoms with Crippen LogP contribution in [0.3, 0.4) is 0 Å². The van der Waals surface area contributed by atoms with Crippen molar-refractivity contribution in [2.75, 3.05) is 0 Å². The van der Waals surface area contributed by atoms with E-state index in [-0.39, 0.29) is 9.41 Å². The van der Waals surface area contributed by atoms with Crippen LogP contribution >= 0.6 is 0 Å². The maximum atomic E-state index is 2.66. The van der Waals surface area contributed by atoms with E-state index in [1.54, 1.807) is 0 Å². The van der Waals surface area contributed by atoms with Crippen molar-refractivity contribution in [2.24, 2.45) is 0 Å². The first-order valence-corrected chi connectivity index (χ1v) is 2.15. The summed E-state index contributed by atoms with van der Waals surface area (Å²) in [5, 5.41) is 0. The van der Waals surface area contributed by atoms with Crippen LogP contribution in [-0.4, -0.2) is 16.3 Å². The van der Waals surface area contributed by atoms with Crippen molar-refractivity contribution >= 4 is 16.3 Å². The van der Waals surface area contributed by atoms with Crippen LogP contribution in [0.5, 0.6) is 0 Å². The van der Waals surface area contributed by atoms with Gasteiger partial charge in [0.15, 0.2) is 0 Å². The molecule has 0 bridgehead atoms. The normalized spacial score (nSPS) is 6.17. The third kappa shape index (κ3) is 328. The van der Waals surface area contributed by atoms with E-state index < -0.39 is 0 Å². The maximum absolute atomic E-state index is 2.66. The Morgan fingerprint density at radius 2 is 1.17 bits per heavy atom. The molecule has 3 heteroatoms. The molecule has 0 aromatic heterocycles. The number of hydrogen-bond acceptors (Lipinski definition) is 0. The Balaban J connectivity index is -0.0000000450. The molecular formula is C3H7AlF2. The van der Waals surface area contributed by atoms with Gasteiger partial charge in [-0.05, 0) is 0 Å². The van der Waals surface area contributed by atoms with Crippen LogP contribution in [0.4, 0.5) is 0 Å². The summed E-state index contributed by atoms with van der Waals surface area (Å²) in [5.74, 6) is 0. The average Bonchev–Trinajstić information content (AvgIpc) is 0.811. The molecule has 0 fully saturated rings. The summed E-state index contributed by atoms with van der Waals surface area (Å²) in [6, 6.07) is 0. The van der Waals surface area contributed by atoms with Gasteiger partial charge in [-0.2, -0.15) is 0 Å². The van der Waals surface area contributed by atoms with E-state index in [0.29, 0.717) is 0 Å². The summed E-state index contributed by atoms with van der Waals surface area (Å²) in [6.45, 7) is 4.26. The van der Waals surface area contributed by atoms with Gasteiger partial charge in [0.25, 0.3) is 0 Å². The van der Waals surface area contributed by atoms with E-state index in [9.17, 15) is 0 Å². The first-order chi connectivity index (χ1) is 1.73. The van der Waals surface area contributed by atoms with Crippen molar-refractivity contribution in [3.8, 4) is 0 Å². The fourth-order valence-electron chi connectivity index (χ4n) is 0. The summed E-state index contributed by atoms with van der Waals surface area (Å²) in [5.41, 5.74) is 0. The molecule has 0 amide bonds. The Bertz CT molecular complexity index is 13.5. The van der Waals surface area contributed by atoms with Crippen molar-refractivity contribution in [2.45, 2.75) is 18.6 Å². The van der Waals surface area contributed by atoms with E-state index in [0.717, 1.165) is 4.78 Å². The predicted molar refractivity (Wildman–Crippen MR) is 20.9 cm³/mol. The van der Waals surface area contributed by atoms with Gasteiger partial charge in [0.05, 0.1) is 0 Å². The first kappa shape index (κ1) is 16.2. The Morgan fingerprint density at radius 1 is 1.17 bits per heavy atom. The number of rotatable bonds is 0. The second-order valence-corrected chi connectivity index (χ2v) is 2.58. The zero-order valence-electron chi connectivity index (χ0n) is 3.91. The van der Waals surface area contributed by atoms with Gasteiger partial charge in [-0.15, -0.1) is 0 Å². The van der Waals surface area contributed by atoms with Crippen LogP contribution in [0.25, 0.3) is 0 Å². The molecule has 36 valence electrons. The van der Waals surface area contributed by atoms with Crippen LogP contribution < -0.4 is 9.41 Å². The molecule has 0 aromatic rings. The van der Waals surface area contributed by atoms with Crippen LogP contribution in [0.15, 0.2) is 0 Å². The van der Waals surface area contributed by atoms with Gasteiger partial charge in [0.2, 0.25) is 0 Å². The third-order valence-corrected chi connectivity index (χ3v) is 0. The van der Waals surface area contributed by atoms with Gasteiger partial charge in [-0.1, -0.05) is 0 Å². The second-order valence-electron chi connectivity index (χ2n) is 1.24. The molecule has 0 aromatic carbocycles. The Morgan fingerprint density at radius 3 is 1.17 bits per heavy atom. The Hall–Kier alpha value is 0.392. The van der Waals surface area contributed by atoms with Crippen LogP contribution in [0.1, 0.15) is 13.8 Å². The first-order valence-electron chi connectivity index (χ1n) is 1.49. The maximum Gasteiger partial charge on any atom is -1.00 e. The van der Waals surface area contributed by atoms with E-state index in [1.165, 1.54) is 0 Å². The van der Waals surface area contributed by atoms with Crippen molar-refractivity contribution < 1.29 is 9.41 Å². The van der Waals surface area contributed by atoms with E-state index in [2.05, 4.69) is 30.1 Å². The summed E-state index contributed by atoms with van der Waals surface area (Å²) in [4.78, 5) is 0. The molecular weight excluding hydrogens is 101 g/mol. The molecule has 0 atom stereocenters. The van der Waals surface area contributed by atoms with Crippen LogP contribution in [0, 0.1) is 0 Å². The summed E-state index contributed by atoms with van der Waals surface area (Å²) < 4.78 is 0.750. The van der Waals surface area contributed by atoms with Gasteiger partial charge >= 0.3 is 34.9 Å². The monoisotopic (exact) mass is 108 g/mol. The minimum absolute atomic E-state index is 0. The Labute approximate surface area is 45.1 Å². The van der Waals surface area contributed by atoms with Gasteiger partial charge in [0, 0.05) is 0 Å². The molecule has 0 saturated heterocycles. The predicted octanol–water partition coefficient (Wildman–Crippen LogP) is -5.01.